The Hall–Kier alpha value is 0.390. The maximum absolute atomic E-state index is 6.01. The summed E-state index contributed by atoms with van der Waals surface area (Å²) in [6.45, 7) is 4.51. The molecule has 1 fully saturated rings. The largest absolute Gasteiger partial charge is 0.312 e. The van der Waals surface area contributed by atoms with Gasteiger partial charge < -0.3 is 10.2 Å². The van der Waals surface area contributed by atoms with Crippen LogP contribution in [0.2, 0.25) is 4.34 Å². The van der Waals surface area contributed by atoms with Gasteiger partial charge in [0.15, 0.2) is 0 Å². The fourth-order valence-corrected chi connectivity index (χ4v) is 4.08. The van der Waals surface area contributed by atoms with E-state index in [9.17, 15) is 0 Å². The van der Waals surface area contributed by atoms with Crippen molar-refractivity contribution < 1.29 is 0 Å². The molecule has 2 nitrogen and oxygen atoms in total. The highest BCUT2D eigenvalue weighted by atomic mass is 79.9. The van der Waals surface area contributed by atoms with Gasteiger partial charge in [0.2, 0.25) is 0 Å². The molecule has 0 amide bonds. The molecule has 0 aliphatic carbocycles. The fourth-order valence-electron chi connectivity index (χ4n) is 2.32. The SMILES string of the molecule is CN1CCCC(CNCc2cc(Br)c(Cl)s2)C1. The first kappa shape index (κ1) is 13.8. The number of thiophene rings is 1. The maximum Gasteiger partial charge on any atom is 0.107 e. The van der Waals surface area contributed by atoms with Gasteiger partial charge in [-0.2, -0.15) is 0 Å². The van der Waals surface area contributed by atoms with Crippen LogP contribution in [-0.4, -0.2) is 31.6 Å². The number of rotatable bonds is 4. The van der Waals surface area contributed by atoms with Gasteiger partial charge in [0.05, 0.1) is 0 Å². The normalized spacial score (nSPS) is 21.9. The Morgan fingerprint density at radius 1 is 1.65 bits per heavy atom. The van der Waals surface area contributed by atoms with E-state index in [1.54, 1.807) is 11.3 Å². The van der Waals surface area contributed by atoms with Gasteiger partial charge in [-0.3, -0.25) is 0 Å². The van der Waals surface area contributed by atoms with E-state index in [1.807, 2.05) is 0 Å². The maximum atomic E-state index is 6.01. The predicted octanol–water partition coefficient (Wildman–Crippen LogP) is 3.60. The van der Waals surface area contributed by atoms with Crippen molar-refractivity contribution in [2.75, 3.05) is 26.7 Å². The molecule has 0 radical (unpaired) electrons. The molecule has 1 aliphatic heterocycles. The Kier molecular flexibility index (Phi) is 5.30. The molecule has 0 bridgehead atoms. The summed E-state index contributed by atoms with van der Waals surface area (Å²) in [5.74, 6) is 0.799. The summed E-state index contributed by atoms with van der Waals surface area (Å²) < 4.78 is 1.86. The van der Waals surface area contributed by atoms with Crippen LogP contribution in [0.25, 0.3) is 0 Å². The van der Waals surface area contributed by atoms with E-state index in [2.05, 4.69) is 39.3 Å². The molecule has 1 unspecified atom stereocenters. The minimum absolute atomic E-state index is 0.799. The second-order valence-electron chi connectivity index (χ2n) is 4.74. The summed E-state index contributed by atoms with van der Waals surface area (Å²) >= 11 is 11.1. The summed E-state index contributed by atoms with van der Waals surface area (Å²) in [6.07, 6.45) is 2.69. The minimum atomic E-state index is 0.799. The molecule has 5 heteroatoms. The number of piperidine rings is 1. The van der Waals surface area contributed by atoms with Crippen LogP contribution in [0.3, 0.4) is 0 Å². The number of halogens is 2. The third-order valence-corrected chi connectivity index (χ3v) is 5.63. The number of nitrogens with one attached hydrogen (secondary N) is 1. The number of likely N-dealkylation sites (tertiary alicyclic amines) is 1. The number of nitrogens with zero attached hydrogens (tertiary/aromatic N) is 1. The lowest BCUT2D eigenvalue weighted by molar-refractivity contribution is 0.206. The number of hydrogen-bond donors (Lipinski definition) is 1. The Balaban J connectivity index is 1.72. The summed E-state index contributed by atoms with van der Waals surface area (Å²) in [7, 11) is 2.21. The van der Waals surface area contributed by atoms with Crippen LogP contribution in [-0.2, 0) is 6.54 Å². The second kappa shape index (κ2) is 6.53. The summed E-state index contributed by atoms with van der Waals surface area (Å²) in [5, 5.41) is 3.54. The van der Waals surface area contributed by atoms with Crippen LogP contribution in [0.1, 0.15) is 17.7 Å². The van der Waals surface area contributed by atoms with Crippen molar-refractivity contribution in [2.24, 2.45) is 5.92 Å². The molecule has 0 spiro atoms. The van der Waals surface area contributed by atoms with Crippen LogP contribution in [0, 0.1) is 5.92 Å². The number of hydrogen-bond acceptors (Lipinski definition) is 3. The highest BCUT2D eigenvalue weighted by molar-refractivity contribution is 9.10. The van der Waals surface area contributed by atoms with Gasteiger partial charge in [0.25, 0.3) is 0 Å². The van der Waals surface area contributed by atoms with Crippen molar-refractivity contribution in [3.05, 3.63) is 19.8 Å². The molecular weight excluding hydrogens is 320 g/mol. The second-order valence-corrected chi connectivity index (χ2v) is 7.33. The smallest absolute Gasteiger partial charge is 0.107 e. The molecule has 1 atom stereocenters. The molecule has 2 heterocycles. The van der Waals surface area contributed by atoms with Crippen LogP contribution in [0.5, 0.6) is 0 Å². The van der Waals surface area contributed by atoms with E-state index in [0.29, 0.717) is 0 Å². The summed E-state index contributed by atoms with van der Waals surface area (Å²) in [5.41, 5.74) is 0. The molecule has 0 saturated carbocycles. The molecule has 17 heavy (non-hydrogen) atoms. The Labute approximate surface area is 120 Å². The standard InChI is InChI=1S/C12H18BrClN2S/c1-16-4-2-3-9(8-16)6-15-7-10-5-11(13)12(14)17-10/h5,9,15H,2-4,6-8H2,1H3. The van der Waals surface area contributed by atoms with E-state index in [-0.39, 0.29) is 0 Å². The first-order valence-corrected chi connectivity index (χ1v) is 7.97. The fraction of sp³-hybridized carbons (Fsp3) is 0.667. The quantitative estimate of drug-likeness (QED) is 0.903. The van der Waals surface area contributed by atoms with Crippen molar-refractivity contribution in [3.63, 3.8) is 0 Å². The van der Waals surface area contributed by atoms with Gasteiger partial charge in [-0.25, -0.2) is 0 Å². The third-order valence-electron chi connectivity index (χ3n) is 3.15. The first-order chi connectivity index (χ1) is 8.15. The molecular formula is C12H18BrClN2S. The van der Waals surface area contributed by atoms with Gasteiger partial charge >= 0.3 is 0 Å². The lowest BCUT2D eigenvalue weighted by Gasteiger charge is -2.29. The molecule has 1 aliphatic rings. The summed E-state index contributed by atoms with van der Waals surface area (Å²) in [4.78, 5) is 3.72. The highest BCUT2D eigenvalue weighted by Crippen LogP contribution is 2.31. The molecule has 1 saturated heterocycles. The van der Waals surface area contributed by atoms with Gasteiger partial charge in [-0.1, -0.05) is 11.6 Å². The van der Waals surface area contributed by atoms with Crippen molar-refractivity contribution in [3.8, 4) is 0 Å². The van der Waals surface area contributed by atoms with Gasteiger partial charge in [0, 0.05) is 22.4 Å². The van der Waals surface area contributed by atoms with Crippen molar-refractivity contribution >= 4 is 38.9 Å². The molecule has 1 aromatic heterocycles. The van der Waals surface area contributed by atoms with E-state index >= 15 is 0 Å². The molecule has 2 rings (SSSR count). The monoisotopic (exact) mass is 336 g/mol. The average molecular weight is 338 g/mol. The van der Waals surface area contributed by atoms with E-state index < -0.39 is 0 Å². The Morgan fingerprint density at radius 3 is 3.12 bits per heavy atom. The zero-order valence-electron chi connectivity index (χ0n) is 10.0. The van der Waals surface area contributed by atoms with Gasteiger partial charge in [-0.05, 0) is 60.9 Å². The Bertz CT molecular complexity index is 350. The van der Waals surface area contributed by atoms with E-state index in [0.717, 1.165) is 27.8 Å². The van der Waals surface area contributed by atoms with Crippen molar-refractivity contribution in [1.29, 1.82) is 0 Å². The van der Waals surface area contributed by atoms with Crippen LogP contribution in [0.15, 0.2) is 10.5 Å². The van der Waals surface area contributed by atoms with Crippen molar-refractivity contribution in [1.82, 2.24) is 10.2 Å². The van der Waals surface area contributed by atoms with E-state index in [4.69, 9.17) is 11.6 Å². The van der Waals surface area contributed by atoms with Gasteiger partial charge in [-0.15, -0.1) is 11.3 Å². The topological polar surface area (TPSA) is 15.3 Å². The zero-order valence-corrected chi connectivity index (χ0v) is 13.2. The van der Waals surface area contributed by atoms with E-state index in [1.165, 1.54) is 30.8 Å². The summed E-state index contributed by atoms with van der Waals surface area (Å²) in [6, 6.07) is 2.10. The lowest BCUT2D eigenvalue weighted by Crippen LogP contribution is -2.37. The molecule has 96 valence electrons. The van der Waals surface area contributed by atoms with Crippen molar-refractivity contribution in [2.45, 2.75) is 19.4 Å². The third kappa shape index (κ3) is 4.21. The Morgan fingerprint density at radius 2 is 2.47 bits per heavy atom. The predicted molar refractivity (Wildman–Crippen MR) is 79.0 cm³/mol. The molecule has 1 aromatic rings. The van der Waals surface area contributed by atoms with Crippen LogP contribution in [0.4, 0.5) is 0 Å². The van der Waals surface area contributed by atoms with Gasteiger partial charge in [0.1, 0.15) is 4.34 Å². The van der Waals surface area contributed by atoms with Crippen LogP contribution < -0.4 is 5.32 Å². The first-order valence-electron chi connectivity index (χ1n) is 5.98. The highest BCUT2D eigenvalue weighted by Gasteiger charge is 2.16. The lowest BCUT2D eigenvalue weighted by atomic mass is 9.98. The van der Waals surface area contributed by atoms with Crippen LogP contribution >= 0.6 is 38.9 Å². The molecule has 0 aromatic carbocycles. The average Bonchev–Trinajstić information content (AvgIpc) is 2.58. The minimum Gasteiger partial charge on any atom is -0.312 e. The molecule has 1 N–H and O–H groups in total. The zero-order chi connectivity index (χ0) is 12.3.